The molecule has 0 saturated carbocycles. The third-order valence-corrected chi connectivity index (χ3v) is 1.85. The fourth-order valence-electron chi connectivity index (χ4n) is 1.27. The fraction of sp³-hybridized carbons (Fsp3) is 0.364. The molecule has 0 bridgehead atoms. The average molecular weight is 178 g/mol. The van der Waals surface area contributed by atoms with E-state index in [4.69, 9.17) is 4.74 Å². The summed E-state index contributed by atoms with van der Waals surface area (Å²) in [7, 11) is 1.68. The van der Waals surface area contributed by atoms with E-state index in [1.54, 1.807) is 7.11 Å². The van der Waals surface area contributed by atoms with E-state index >= 15 is 0 Å². The largest absolute Gasteiger partial charge is 0.380 e. The number of carbonyl (C=O) groups excluding carboxylic acids is 1. The number of methoxy groups -OCH3 is 1. The van der Waals surface area contributed by atoms with Crippen LogP contribution in [0, 0.1) is 0 Å². The topological polar surface area (TPSA) is 26.3 Å². The van der Waals surface area contributed by atoms with Crippen molar-refractivity contribution in [2.45, 2.75) is 19.4 Å². The normalized spacial score (nSPS) is 9.92. The SMILES string of the molecule is COCc1cccc(CCC=O)c1. The van der Waals surface area contributed by atoms with Gasteiger partial charge in [-0.2, -0.15) is 0 Å². The molecule has 0 fully saturated rings. The van der Waals surface area contributed by atoms with Crippen LogP contribution in [0.5, 0.6) is 0 Å². The quantitative estimate of drug-likeness (QED) is 0.644. The Morgan fingerprint density at radius 2 is 2.15 bits per heavy atom. The molecule has 0 aliphatic carbocycles. The van der Waals surface area contributed by atoms with Crippen molar-refractivity contribution in [3.63, 3.8) is 0 Å². The van der Waals surface area contributed by atoms with Crippen molar-refractivity contribution < 1.29 is 9.53 Å². The predicted molar refractivity (Wildman–Crippen MR) is 51.5 cm³/mol. The number of aryl methyl sites for hydroxylation is 1. The third kappa shape index (κ3) is 3.38. The molecular formula is C11H14O2. The van der Waals surface area contributed by atoms with Gasteiger partial charge in [-0.3, -0.25) is 0 Å². The molecule has 1 rings (SSSR count). The molecule has 0 N–H and O–H groups in total. The summed E-state index contributed by atoms with van der Waals surface area (Å²) in [4.78, 5) is 10.2. The predicted octanol–water partition coefficient (Wildman–Crippen LogP) is 1.96. The molecule has 0 radical (unpaired) electrons. The van der Waals surface area contributed by atoms with Crippen LogP contribution < -0.4 is 0 Å². The Bertz CT molecular complexity index is 269. The van der Waals surface area contributed by atoms with Gasteiger partial charge >= 0.3 is 0 Å². The van der Waals surface area contributed by atoms with Crippen LogP contribution in [0.4, 0.5) is 0 Å². The Morgan fingerprint density at radius 3 is 2.85 bits per heavy atom. The molecule has 0 aliphatic rings. The van der Waals surface area contributed by atoms with E-state index in [0.717, 1.165) is 18.3 Å². The van der Waals surface area contributed by atoms with Crippen LogP contribution in [0.15, 0.2) is 24.3 Å². The summed E-state index contributed by atoms with van der Waals surface area (Å²) in [6.45, 7) is 0.634. The van der Waals surface area contributed by atoms with E-state index in [9.17, 15) is 4.79 Å². The minimum absolute atomic E-state index is 0.594. The second-order valence-electron chi connectivity index (χ2n) is 2.96. The van der Waals surface area contributed by atoms with Gasteiger partial charge in [0.15, 0.2) is 0 Å². The third-order valence-electron chi connectivity index (χ3n) is 1.85. The molecule has 0 amide bonds. The highest BCUT2D eigenvalue weighted by molar-refractivity contribution is 5.50. The molecule has 0 atom stereocenters. The van der Waals surface area contributed by atoms with E-state index in [1.165, 1.54) is 5.56 Å². The molecule has 2 nitrogen and oxygen atoms in total. The zero-order valence-electron chi connectivity index (χ0n) is 7.82. The number of hydrogen-bond donors (Lipinski definition) is 0. The summed E-state index contributed by atoms with van der Waals surface area (Å²) in [5.41, 5.74) is 2.35. The first-order valence-electron chi connectivity index (χ1n) is 4.37. The molecule has 0 saturated heterocycles. The maximum atomic E-state index is 10.2. The molecule has 0 unspecified atom stereocenters. The van der Waals surface area contributed by atoms with Crippen molar-refractivity contribution in [3.05, 3.63) is 35.4 Å². The van der Waals surface area contributed by atoms with Crippen LogP contribution in [-0.2, 0) is 22.6 Å². The minimum Gasteiger partial charge on any atom is -0.380 e. The number of rotatable bonds is 5. The van der Waals surface area contributed by atoms with E-state index in [-0.39, 0.29) is 0 Å². The van der Waals surface area contributed by atoms with Crippen molar-refractivity contribution in [2.24, 2.45) is 0 Å². The molecule has 0 heterocycles. The molecule has 1 aromatic rings. The van der Waals surface area contributed by atoms with Crippen LogP contribution in [0.3, 0.4) is 0 Å². The average Bonchev–Trinajstić information content (AvgIpc) is 2.16. The van der Waals surface area contributed by atoms with E-state index in [1.807, 2.05) is 18.2 Å². The molecule has 70 valence electrons. The smallest absolute Gasteiger partial charge is 0.120 e. The highest BCUT2D eigenvalue weighted by atomic mass is 16.5. The summed E-state index contributed by atoms with van der Waals surface area (Å²) in [5, 5.41) is 0. The van der Waals surface area contributed by atoms with Gasteiger partial charge in [0.1, 0.15) is 6.29 Å². The standard InChI is InChI=1S/C11H14O2/c1-13-9-11-5-2-4-10(8-11)6-3-7-12/h2,4-5,7-8H,3,6,9H2,1H3. The summed E-state index contributed by atoms with van der Waals surface area (Å²) < 4.78 is 5.02. The lowest BCUT2D eigenvalue weighted by atomic mass is 10.1. The summed E-state index contributed by atoms with van der Waals surface area (Å²) >= 11 is 0. The molecular weight excluding hydrogens is 164 g/mol. The van der Waals surface area contributed by atoms with Crippen molar-refractivity contribution >= 4 is 6.29 Å². The highest BCUT2D eigenvalue weighted by Gasteiger charge is 1.95. The van der Waals surface area contributed by atoms with Crippen molar-refractivity contribution in [2.75, 3.05) is 7.11 Å². The van der Waals surface area contributed by atoms with Crippen LogP contribution in [-0.4, -0.2) is 13.4 Å². The van der Waals surface area contributed by atoms with E-state index in [0.29, 0.717) is 13.0 Å². The van der Waals surface area contributed by atoms with E-state index < -0.39 is 0 Å². The first-order valence-corrected chi connectivity index (χ1v) is 4.37. The number of aldehydes is 1. The van der Waals surface area contributed by atoms with Gasteiger partial charge in [0, 0.05) is 13.5 Å². The number of benzene rings is 1. The number of carbonyl (C=O) groups is 1. The zero-order chi connectivity index (χ0) is 9.52. The molecule has 13 heavy (non-hydrogen) atoms. The molecule has 0 aromatic heterocycles. The van der Waals surface area contributed by atoms with Gasteiger partial charge in [-0.25, -0.2) is 0 Å². The lowest BCUT2D eigenvalue weighted by Crippen LogP contribution is -1.91. The van der Waals surface area contributed by atoms with Crippen molar-refractivity contribution in [3.8, 4) is 0 Å². The Kier molecular flexibility index (Phi) is 4.19. The summed E-state index contributed by atoms with van der Waals surface area (Å²) in [6.07, 6.45) is 2.36. The highest BCUT2D eigenvalue weighted by Crippen LogP contribution is 2.07. The zero-order valence-corrected chi connectivity index (χ0v) is 7.82. The van der Waals surface area contributed by atoms with Crippen LogP contribution >= 0.6 is 0 Å². The molecule has 2 heteroatoms. The number of hydrogen-bond acceptors (Lipinski definition) is 2. The summed E-state index contributed by atoms with van der Waals surface area (Å²) in [5.74, 6) is 0. The van der Waals surface area contributed by atoms with Gasteiger partial charge in [0.25, 0.3) is 0 Å². The van der Waals surface area contributed by atoms with Crippen LogP contribution in [0.25, 0.3) is 0 Å². The van der Waals surface area contributed by atoms with Gasteiger partial charge in [-0.15, -0.1) is 0 Å². The van der Waals surface area contributed by atoms with Crippen molar-refractivity contribution in [1.29, 1.82) is 0 Å². The van der Waals surface area contributed by atoms with Crippen LogP contribution in [0.2, 0.25) is 0 Å². The Labute approximate surface area is 78.5 Å². The van der Waals surface area contributed by atoms with E-state index in [2.05, 4.69) is 6.07 Å². The maximum Gasteiger partial charge on any atom is 0.120 e. The Hall–Kier alpha value is -1.15. The van der Waals surface area contributed by atoms with Crippen molar-refractivity contribution in [1.82, 2.24) is 0 Å². The maximum absolute atomic E-state index is 10.2. The molecule has 1 aromatic carbocycles. The fourth-order valence-corrected chi connectivity index (χ4v) is 1.27. The van der Waals surface area contributed by atoms with Gasteiger partial charge in [0.05, 0.1) is 6.61 Å². The van der Waals surface area contributed by atoms with Crippen LogP contribution in [0.1, 0.15) is 17.5 Å². The second-order valence-corrected chi connectivity index (χ2v) is 2.96. The Balaban J connectivity index is 2.61. The molecule has 0 aliphatic heterocycles. The van der Waals surface area contributed by atoms with Gasteiger partial charge in [-0.05, 0) is 17.5 Å². The monoisotopic (exact) mass is 178 g/mol. The first-order chi connectivity index (χ1) is 6.36. The number of ether oxygens (including phenoxy) is 1. The Morgan fingerprint density at radius 1 is 1.38 bits per heavy atom. The van der Waals surface area contributed by atoms with Gasteiger partial charge < -0.3 is 9.53 Å². The van der Waals surface area contributed by atoms with Gasteiger partial charge in [0.2, 0.25) is 0 Å². The molecule has 0 spiro atoms. The lowest BCUT2D eigenvalue weighted by Gasteiger charge is -2.02. The summed E-state index contributed by atoms with van der Waals surface area (Å²) in [6, 6.07) is 8.12. The minimum atomic E-state index is 0.594. The van der Waals surface area contributed by atoms with Gasteiger partial charge in [-0.1, -0.05) is 24.3 Å². The second kappa shape index (κ2) is 5.49. The lowest BCUT2D eigenvalue weighted by molar-refractivity contribution is -0.107. The first kappa shape index (κ1) is 9.93.